The molecule has 0 saturated heterocycles. The summed E-state index contributed by atoms with van der Waals surface area (Å²) in [5, 5.41) is 5.61. The third kappa shape index (κ3) is 7.51. The number of nitrogens with one attached hydrogen (secondary N) is 2. The second-order valence-corrected chi connectivity index (χ2v) is 5.22. The monoisotopic (exact) mass is 382 g/mol. The largest absolute Gasteiger partial charge is 0.346 e. The van der Waals surface area contributed by atoms with E-state index in [1.54, 1.807) is 12.1 Å². The molecular formula is C13H17Cl3N4O3. The summed E-state index contributed by atoms with van der Waals surface area (Å²) in [6.07, 6.45) is 0. The molecule has 0 saturated carbocycles. The van der Waals surface area contributed by atoms with E-state index in [4.69, 9.17) is 28.9 Å². The van der Waals surface area contributed by atoms with E-state index in [0.29, 0.717) is 15.7 Å². The Balaban J connectivity index is 0.00000484. The average molecular weight is 384 g/mol. The van der Waals surface area contributed by atoms with E-state index in [2.05, 4.69) is 10.6 Å². The molecule has 128 valence electrons. The fourth-order valence-electron chi connectivity index (χ4n) is 1.46. The van der Waals surface area contributed by atoms with Crippen molar-refractivity contribution in [3.63, 3.8) is 0 Å². The van der Waals surface area contributed by atoms with E-state index in [-0.39, 0.29) is 32.0 Å². The average Bonchev–Trinajstić information content (AvgIpc) is 2.47. The molecule has 0 aliphatic carbocycles. The van der Waals surface area contributed by atoms with Crippen molar-refractivity contribution in [2.24, 2.45) is 5.73 Å². The van der Waals surface area contributed by atoms with Crippen LogP contribution in [0.3, 0.4) is 0 Å². The molecule has 0 heterocycles. The van der Waals surface area contributed by atoms with Gasteiger partial charge in [-0.15, -0.1) is 12.4 Å². The lowest BCUT2D eigenvalue weighted by Crippen LogP contribution is -2.42. The summed E-state index contributed by atoms with van der Waals surface area (Å²) >= 11 is 11.6. The first-order valence-corrected chi connectivity index (χ1v) is 7.04. The van der Waals surface area contributed by atoms with Crippen LogP contribution in [0.4, 0.5) is 5.69 Å². The molecule has 0 atom stereocenters. The van der Waals surface area contributed by atoms with Crippen molar-refractivity contribution in [3.8, 4) is 0 Å². The minimum absolute atomic E-state index is 0. The number of benzene rings is 1. The molecular weight excluding hydrogens is 367 g/mol. The van der Waals surface area contributed by atoms with Gasteiger partial charge in [-0.1, -0.05) is 23.2 Å². The fourth-order valence-corrected chi connectivity index (χ4v) is 1.76. The van der Waals surface area contributed by atoms with E-state index in [9.17, 15) is 14.4 Å². The molecule has 0 unspecified atom stereocenters. The van der Waals surface area contributed by atoms with Crippen LogP contribution < -0.4 is 16.4 Å². The van der Waals surface area contributed by atoms with Gasteiger partial charge in [0.05, 0.1) is 29.7 Å². The normalized spacial score (nSPS) is 9.57. The van der Waals surface area contributed by atoms with Gasteiger partial charge in [0.25, 0.3) is 0 Å². The van der Waals surface area contributed by atoms with Crippen LogP contribution in [0.15, 0.2) is 18.2 Å². The van der Waals surface area contributed by atoms with Crippen LogP contribution in [0.2, 0.25) is 10.0 Å². The highest BCUT2D eigenvalue weighted by Gasteiger charge is 2.14. The lowest BCUT2D eigenvalue weighted by molar-refractivity contribution is -0.134. The summed E-state index contributed by atoms with van der Waals surface area (Å²) in [5.74, 6) is -1.26. The maximum Gasteiger partial charge on any atom is 0.243 e. The maximum absolute atomic E-state index is 11.8. The van der Waals surface area contributed by atoms with Crippen molar-refractivity contribution < 1.29 is 14.4 Å². The third-order valence-corrected chi connectivity index (χ3v) is 3.37. The van der Waals surface area contributed by atoms with Gasteiger partial charge in [-0.3, -0.25) is 14.4 Å². The lowest BCUT2D eigenvalue weighted by Gasteiger charge is -2.17. The summed E-state index contributed by atoms with van der Waals surface area (Å²) in [6, 6.07) is 4.65. The summed E-state index contributed by atoms with van der Waals surface area (Å²) in [6.45, 7) is -0.584. The standard InChI is InChI=1S/C13H16Cl2N4O3.ClH/c1-19(13(22)6-17-11(20)5-16)7-12(21)18-8-2-3-9(14)10(15)4-8;/h2-4H,5-7,16H2,1H3,(H,17,20)(H,18,21);1H. The van der Waals surface area contributed by atoms with Gasteiger partial charge in [0.1, 0.15) is 0 Å². The number of carbonyl (C=O) groups excluding carboxylic acids is 3. The van der Waals surface area contributed by atoms with E-state index < -0.39 is 17.7 Å². The number of nitrogens with zero attached hydrogens (tertiary/aromatic N) is 1. The van der Waals surface area contributed by atoms with E-state index >= 15 is 0 Å². The molecule has 1 aromatic carbocycles. The van der Waals surface area contributed by atoms with Crippen LogP contribution in [0, 0.1) is 0 Å². The number of carbonyl (C=O) groups is 3. The van der Waals surface area contributed by atoms with Gasteiger partial charge in [0, 0.05) is 12.7 Å². The van der Waals surface area contributed by atoms with Crippen molar-refractivity contribution in [2.75, 3.05) is 32.0 Å². The summed E-state index contributed by atoms with van der Waals surface area (Å²) in [5.41, 5.74) is 5.57. The van der Waals surface area contributed by atoms with E-state index in [1.807, 2.05) is 0 Å². The molecule has 0 aliphatic rings. The predicted octanol–water partition coefficient (Wildman–Crippen LogP) is 0.887. The van der Waals surface area contributed by atoms with Crippen LogP contribution in [-0.2, 0) is 14.4 Å². The molecule has 0 radical (unpaired) electrons. The predicted molar refractivity (Wildman–Crippen MR) is 92.0 cm³/mol. The molecule has 4 N–H and O–H groups in total. The number of amides is 3. The Morgan fingerprint density at radius 1 is 1.17 bits per heavy atom. The first kappa shape index (κ1) is 21.5. The lowest BCUT2D eigenvalue weighted by atomic mass is 10.3. The smallest absolute Gasteiger partial charge is 0.243 e. The van der Waals surface area contributed by atoms with Gasteiger partial charge in [-0.05, 0) is 18.2 Å². The molecule has 0 spiro atoms. The Hall–Kier alpha value is -1.54. The van der Waals surface area contributed by atoms with Gasteiger partial charge < -0.3 is 21.3 Å². The van der Waals surface area contributed by atoms with Gasteiger partial charge in [0.2, 0.25) is 17.7 Å². The minimum atomic E-state index is -0.443. The maximum atomic E-state index is 11.8. The Morgan fingerprint density at radius 3 is 2.39 bits per heavy atom. The van der Waals surface area contributed by atoms with Crippen molar-refractivity contribution in [1.82, 2.24) is 10.2 Å². The number of halogens is 3. The molecule has 0 aromatic heterocycles. The highest BCUT2D eigenvalue weighted by molar-refractivity contribution is 6.42. The Kier molecular flexibility index (Phi) is 9.59. The van der Waals surface area contributed by atoms with Crippen molar-refractivity contribution in [1.29, 1.82) is 0 Å². The van der Waals surface area contributed by atoms with Crippen LogP contribution in [0.1, 0.15) is 0 Å². The molecule has 1 rings (SSSR count). The summed E-state index contributed by atoms with van der Waals surface area (Å²) in [7, 11) is 1.45. The molecule has 10 heteroatoms. The number of likely N-dealkylation sites (N-methyl/N-ethyl adjacent to an activating group) is 1. The molecule has 0 bridgehead atoms. The number of rotatable bonds is 6. The van der Waals surface area contributed by atoms with E-state index in [1.165, 1.54) is 18.0 Å². The third-order valence-electron chi connectivity index (χ3n) is 2.63. The molecule has 0 fully saturated rings. The van der Waals surface area contributed by atoms with Gasteiger partial charge in [0.15, 0.2) is 0 Å². The van der Waals surface area contributed by atoms with Crippen LogP contribution in [0.25, 0.3) is 0 Å². The van der Waals surface area contributed by atoms with Crippen LogP contribution in [-0.4, -0.2) is 49.3 Å². The van der Waals surface area contributed by atoms with E-state index in [0.717, 1.165) is 0 Å². The molecule has 7 nitrogen and oxygen atoms in total. The molecule has 1 aromatic rings. The molecule has 3 amide bonds. The zero-order valence-electron chi connectivity index (χ0n) is 12.3. The number of anilines is 1. The van der Waals surface area contributed by atoms with Crippen molar-refractivity contribution >= 4 is 59.0 Å². The second-order valence-electron chi connectivity index (χ2n) is 4.41. The SMILES string of the molecule is CN(CC(=O)Nc1ccc(Cl)c(Cl)c1)C(=O)CNC(=O)CN.Cl. The van der Waals surface area contributed by atoms with Gasteiger partial charge in [-0.2, -0.15) is 0 Å². The van der Waals surface area contributed by atoms with Crippen LogP contribution in [0.5, 0.6) is 0 Å². The number of hydrogen-bond acceptors (Lipinski definition) is 4. The Labute approximate surface area is 149 Å². The topological polar surface area (TPSA) is 105 Å². The quantitative estimate of drug-likeness (QED) is 0.678. The highest BCUT2D eigenvalue weighted by atomic mass is 35.5. The second kappa shape index (κ2) is 10.3. The number of hydrogen-bond donors (Lipinski definition) is 3. The highest BCUT2D eigenvalue weighted by Crippen LogP contribution is 2.24. The summed E-state index contributed by atoms with van der Waals surface area (Å²) < 4.78 is 0. The Bertz CT molecular complexity index is 584. The van der Waals surface area contributed by atoms with Gasteiger partial charge >= 0.3 is 0 Å². The first-order valence-electron chi connectivity index (χ1n) is 6.29. The molecule has 23 heavy (non-hydrogen) atoms. The molecule has 0 aliphatic heterocycles. The first-order chi connectivity index (χ1) is 10.3. The van der Waals surface area contributed by atoms with Crippen LogP contribution >= 0.6 is 35.6 Å². The zero-order valence-corrected chi connectivity index (χ0v) is 14.6. The number of nitrogens with two attached hydrogens (primary N) is 1. The minimum Gasteiger partial charge on any atom is -0.346 e. The zero-order chi connectivity index (χ0) is 16.7. The Morgan fingerprint density at radius 2 is 1.83 bits per heavy atom. The van der Waals surface area contributed by atoms with Crippen molar-refractivity contribution in [2.45, 2.75) is 0 Å². The summed E-state index contributed by atoms with van der Waals surface area (Å²) in [4.78, 5) is 35.7. The van der Waals surface area contributed by atoms with Crippen molar-refractivity contribution in [3.05, 3.63) is 28.2 Å². The fraction of sp³-hybridized carbons (Fsp3) is 0.308. The van der Waals surface area contributed by atoms with Gasteiger partial charge in [-0.25, -0.2) is 0 Å².